The van der Waals surface area contributed by atoms with E-state index in [1.165, 1.54) is 24.3 Å². The molecule has 0 amide bonds. The maximum atomic E-state index is 10.8. The van der Waals surface area contributed by atoms with Crippen LogP contribution in [0, 0.1) is 20.2 Å². The molecule has 0 saturated heterocycles. The van der Waals surface area contributed by atoms with Crippen molar-refractivity contribution in [3.63, 3.8) is 0 Å². The number of hydrogen-bond donors (Lipinski definition) is 0. The van der Waals surface area contributed by atoms with Gasteiger partial charge in [-0.25, -0.2) is 9.97 Å². The van der Waals surface area contributed by atoms with Crippen LogP contribution in [0.5, 0.6) is 0 Å². The minimum Gasteiger partial charge on any atom is -0.378 e. The molecule has 0 aliphatic carbocycles. The van der Waals surface area contributed by atoms with Crippen molar-refractivity contribution in [2.45, 2.75) is 13.1 Å². The lowest BCUT2D eigenvalue weighted by atomic mass is 10.3. The van der Waals surface area contributed by atoms with E-state index in [2.05, 4.69) is 9.97 Å². The second-order valence-corrected chi connectivity index (χ2v) is 6.35. The third-order valence-electron chi connectivity index (χ3n) is 4.58. The summed E-state index contributed by atoms with van der Waals surface area (Å²) in [6.45, 7) is 2.01. The minimum absolute atomic E-state index is 0.0110. The van der Waals surface area contributed by atoms with Crippen molar-refractivity contribution in [3.8, 4) is 0 Å². The van der Waals surface area contributed by atoms with Gasteiger partial charge >= 0.3 is 0 Å². The zero-order valence-electron chi connectivity index (χ0n) is 15.2. The van der Waals surface area contributed by atoms with Crippen LogP contribution in [-0.2, 0) is 17.8 Å². The maximum Gasteiger partial charge on any atom is 0.271 e. The molecule has 11 nitrogen and oxygen atoms in total. The van der Waals surface area contributed by atoms with Gasteiger partial charge in [0.05, 0.1) is 57.8 Å². The number of hydrogen-bond acceptors (Lipinski definition) is 7. The van der Waals surface area contributed by atoms with Gasteiger partial charge in [-0.2, -0.15) is 0 Å². The van der Waals surface area contributed by atoms with E-state index in [0.29, 0.717) is 37.3 Å². The predicted molar refractivity (Wildman–Crippen MR) is 104 cm³/mol. The lowest BCUT2D eigenvalue weighted by Gasteiger charge is -2.07. The molecule has 0 radical (unpaired) electrons. The number of rotatable bonds is 8. The Bertz CT molecular complexity index is 1120. The molecule has 0 unspecified atom stereocenters. The first-order valence-corrected chi connectivity index (χ1v) is 8.79. The molecule has 2 heterocycles. The van der Waals surface area contributed by atoms with Crippen LogP contribution in [0.3, 0.4) is 0 Å². The number of nitrogens with zero attached hydrogens (tertiary/aromatic N) is 6. The first-order chi connectivity index (χ1) is 14.0. The van der Waals surface area contributed by atoms with E-state index in [4.69, 9.17) is 4.74 Å². The van der Waals surface area contributed by atoms with E-state index in [0.717, 1.165) is 11.0 Å². The quantitative estimate of drug-likeness (QED) is 0.254. The van der Waals surface area contributed by atoms with Crippen LogP contribution in [-0.4, -0.2) is 42.2 Å². The SMILES string of the molecule is O=[N+]([O-])c1ccc2c(c1)ncn2CCOCCn1cnc2cc([N+](=O)[O-])ccc21. The van der Waals surface area contributed by atoms with Crippen molar-refractivity contribution in [1.29, 1.82) is 0 Å². The van der Waals surface area contributed by atoms with Gasteiger partial charge < -0.3 is 13.9 Å². The topological polar surface area (TPSA) is 131 Å². The van der Waals surface area contributed by atoms with E-state index in [-0.39, 0.29) is 11.4 Å². The van der Waals surface area contributed by atoms with Crippen molar-refractivity contribution in [3.05, 3.63) is 69.3 Å². The minimum atomic E-state index is -0.445. The second kappa shape index (κ2) is 7.64. The van der Waals surface area contributed by atoms with Crippen molar-refractivity contribution in [1.82, 2.24) is 19.1 Å². The Morgan fingerprint density at radius 1 is 0.793 bits per heavy atom. The monoisotopic (exact) mass is 396 g/mol. The lowest BCUT2D eigenvalue weighted by molar-refractivity contribution is -0.384. The van der Waals surface area contributed by atoms with Crippen LogP contribution in [0.4, 0.5) is 11.4 Å². The Kier molecular flexibility index (Phi) is 4.87. The van der Waals surface area contributed by atoms with Crippen molar-refractivity contribution >= 4 is 33.4 Å². The zero-order chi connectivity index (χ0) is 20.4. The van der Waals surface area contributed by atoms with Crippen LogP contribution in [0.2, 0.25) is 0 Å². The summed E-state index contributed by atoms with van der Waals surface area (Å²) < 4.78 is 9.45. The van der Waals surface area contributed by atoms with Crippen LogP contribution in [0.1, 0.15) is 0 Å². The fourth-order valence-electron chi connectivity index (χ4n) is 3.12. The van der Waals surface area contributed by atoms with Gasteiger partial charge in [0.1, 0.15) is 0 Å². The highest BCUT2D eigenvalue weighted by Gasteiger charge is 2.11. The summed E-state index contributed by atoms with van der Waals surface area (Å²) in [5.74, 6) is 0. The summed E-state index contributed by atoms with van der Waals surface area (Å²) in [6.07, 6.45) is 3.27. The number of ether oxygens (including phenoxy) is 1. The fourth-order valence-corrected chi connectivity index (χ4v) is 3.12. The zero-order valence-corrected chi connectivity index (χ0v) is 15.2. The van der Waals surface area contributed by atoms with Gasteiger partial charge in [0.2, 0.25) is 0 Å². The van der Waals surface area contributed by atoms with E-state index in [1.807, 2.05) is 9.13 Å². The molecular weight excluding hydrogens is 380 g/mol. The van der Waals surface area contributed by atoms with Crippen LogP contribution in [0.25, 0.3) is 22.1 Å². The summed E-state index contributed by atoms with van der Waals surface area (Å²) >= 11 is 0. The Morgan fingerprint density at radius 3 is 1.66 bits per heavy atom. The maximum absolute atomic E-state index is 10.8. The molecule has 29 heavy (non-hydrogen) atoms. The number of non-ortho nitro benzene ring substituents is 2. The number of nitro benzene ring substituents is 2. The largest absolute Gasteiger partial charge is 0.378 e. The average Bonchev–Trinajstić information content (AvgIpc) is 3.30. The fraction of sp³-hybridized carbons (Fsp3) is 0.222. The molecule has 2 aromatic carbocycles. The highest BCUT2D eigenvalue weighted by atomic mass is 16.6. The third-order valence-corrected chi connectivity index (χ3v) is 4.58. The van der Waals surface area contributed by atoms with Crippen LogP contribution >= 0.6 is 0 Å². The normalized spacial score (nSPS) is 11.3. The van der Waals surface area contributed by atoms with Gasteiger partial charge in [0, 0.05) is 37.4 Å². The van der Waals surface area contributed by atoms with Crippen LogP contribution in [0.15, 0.2) is 49.1 Å². The van der Waals surface area contributed by atoms with Crippen LogP contribution < -0.4 is 0 Å². The third kappa shape index (κ3) is 3.75. The summed E-state index contributed by atoms with van der Waals surface area (Å²) in [5, 5.41) is 21.7. The summed E-state index contributed by atoms with van der Waals surface area (Å²) in [7, 11) is 0. The molecule has 4 rings (SSSR count). The highest BCUT2D eigenvalue weighted by Crippen LogP contribution is 2.20. The molecule has 148 valence electrons. The standard InChI is InChI=1S/C18H16N6O5/c25-23(26)13-1-3-17-15(9-13)19-11-21(17)5-7-29-8-6-22-12-20-16-10-14(24(27)28)2-4-18(16)22/h1-4,9-12H,5-8H2. The number of imidazole rings is 2. The number of benzene rings is 2. The van der Waals surface area contributed by atoms with E-state index in [1.54, 1.807) is 24.8 Å². The second-order valence-electron chi connectivity index (χ2n) is 6.35. The summed E-state index contributed by atoms with van der Waals surface area (Å²) in [4.78, 5) is 29.2. The lowest BCUT2D eigenvalue weighted by Crippen LogP contribution is -2.09. The molecule has 11 heteroatoms. The number of aromatic nitrogens is 4. The Hall–Kier alpha value is -3.86. The Labute approximate surface area is 163 Å². The van der Waals surface area contributed by atoms with Gasteiger partial charge in [-0.3, -0.25) is 20.2 Å². The summed E-state index contributed by atoms with van der Waals surface area (Å²) in [5.41, 5.74) is 2.77. The van der Waals surface area contributed by atoms with Gasteiger partial charge in [0.25, 0.3) is 11.4 Å². The van der Waals surface area contributed by atoms with Gasteiger partial charge in [-0.1, -0.05) is 0 Å². The first kappa shape index (κ1) is 18.5. The Balaban J connectivity index is 1.32. The van der Waals surface area contributed by atoms with E-state index >= 15 is 0 Å². The van der Waals surface area contributed by atoms with Crippen molar-refractivity contribution in [2.24, 2.45) is 0 Å². The van der Waals surface area contributed by atoms with Gasteiger partial charge in [0.15, 0.2) is 0 Å². The predicted octanol–water partition coefficient (Wildman–Crippen LogP) is 2.92. The first-order valence-electron chi connectivity index (χ1n) is 8.79. The molecule has 0 bridgehead atoms. The Morgan fingerprint density at radius 2 is 1.24 bits per heavy atom. The molecular formula is C18H16N6O5. The average molecular weight is 396 g/mol. The molecule has 2 aromatic heterocycles. The summed E-state index contributed by atoms with van der Waals surface area (Å²) in [6, 6.07) is 9.16. The molecule has 0 aliphatic heterocycles. The van der Waals surface area contributed by atoms with E-state index < -0.39 is 9.85 Å². The number of nitro groups is 2. The van der Waals surface area contributed by atoms with Gasteiger partial charge in [-0.15, -0.1) is 0 Å². The van der Waals surface area contributed by atoms with Crippen molar-refractivity contribution in [2.75, 3.05) is 13.2 Å². The highest BCUT2D eigenvalue weighted by molar-refractivity contribution is 5.78. The molecule has 0 atom stereocenters. The number of fused-ring (bicyclic) bond motifs is 2. The molecule has 0 fully saturated rings. The van der Waals surface area contributed by atoms with Gasteiger partial charge in [-0.05, 0) is 12.1 Å². The van der Waals surface area contributed by atoms with Crippen molar-refractivity contribution < 1.29 is 14.6 Å². The molecule has 4 aromatic rings. The molecule has 0 N–H and O–H groups in total. The smallest absolute Gasteiger partial charge is 0.271 e. The molecule has 0 aliphatic rings. The molecule has 0 spiro atoms. The van der Waals surface area contributed by atoms with E-state index in [9.17, 15) is 20.2 Å². The molecule has 0 saturated carbocycles.